The average molecular weight is 233 g/mol. The fraction of sp³-hybridized carbons (Fsp3) is 0.385. The van der Waals surface area contributed by atoms with Crippen LogP contribution in [0.3, 0.4) is 0 Å². The summed E-state index contributed by atoms with van der Waals surface area (Å²) in [5.41, 5.74) is 0.467. The van der Waals surface area contributed by atoms with E-state index in [-0.39, 0.29) is 12.5 Å². The summed E-state index contributed by atoms with van der Waals surface area (Å²) in [7, 11) is 1.79. The van der Waals surface area contributed by atoms with Gasteiger partial charge in [0.05, 0.1) is 5.56 Å². The minimum absolute atomic E-state index is 0.0160. The van der Waals surface area contributed by atoms with Gasteiger partial charge < -0.3 is 9.64 Å². The van der Waals surface area contributed by atoms with Crippen LogP contribution in [0.1, 0.15) is 23.2 Å². The normalized spacial score (nSPS) is 14.2. The van der Waals surface area contributed by atoms with E-state index in [1.807, 2.05) is 0 Å². The lowest BCUT2D eigenvalue weighted by molar-refractivity contribution is -0.132. The minimum atomic E-state index is -0.0480. The monoisotopic (exact) mass is 233 g/mol. The Morgan fingerprint density at radius 2 is 2.18 bits per heavy atom. The number of nitrogens with zero attached hydrogens (tertiary/aromatic N) is 1. The summed E-state index contributed by atoms with van der Waals surface area (Å²) >= 11 is 0. The van der Waals surface area contributed by atoms with Gasteiger partial charge in [-0.2, -0.15) is 0 Å². The molecule has 0 unspecified atom stereocenters. The van der Waals surface area contributed by atoms with E-state index in [4.69, 9.17) is 4.74 Å². The summed E-state index contributed by atoms with van der Waals surface area (Å²) in [5, 5.41) is 0. The van der Waals surface area contributed by atoms with Crippen molar-refractivity contribution in [1.82, 2.24) is 4.90 Å². The van der Waals surface area contributed by atoms with Crippen LogP contribution in [0.2, 0.25) is 0 Å². The second-order valence-electron chi connectivity index (χ2n) is 4.18. The van der Waals surface area contributed by atoms with Crippen molar-refractivity contribution in [3.63, 3.8) is 0 Å². The zero-order chi connectivity index (χ0) is 12.3. The lowest BCUT2D eigenvalue weighted by atomic mass is 10.2. The number of rotatable bonds is 5. The summed E-state index contributed by atoms with van der Waals surface area (Å²) in [6.07, 6.45) is 2.88. The molecule has 1 aromatic rings. The van der Waals surface area contributed by atoms with Gasteiger partial charge in [0.1, 0.15) is 5.75 Å². The maximum atomic E-state index is 11.7. The number of hydrogen-bond acceptors (Lipinski definition) is 3. The summed E-state index contributed by atoms with van der Waals surface area (Å²) in [4.78, 5) is 24.2. The molecular formula is C13H15NO3. The predicted octanol–water partition coefficient (Wildman–Crippen LogP) is 1.50. The Balaban J connectivity index is 1.92. The van der Waals surface area contributed by atoms with Crippen LogP contribution in [0.4, 0.5) is 0 Å². The van der Waals surface area contributed by atoms with Crippen molar-refractivity contribution in [2.24, 2.45) is 0 Å². The lowest BCUT2D eigenvalue weighted by Crippen LogP contribution is -2.33. The van der Waals surface area contributed by atoms with Crippen LogP contribution >= 0.6 is 0 Å². The van der Waals surface area contributed by atoms with Crippen LogP contribution in [-0.4, -0.2) is 36.8 Å². The van der Waals surface area contributed by atoms with Crippen molar-refractivity contribution >= 4 is 12.2 Å². The van der Waals surface area contributed by atoms with Gasteiger partial charge in [0.15, 0.2) is 12.9 Å². The molecule has 2 rings (SSSR count). The Bertz CT molecular complexity index is 426. The second-order valence-corrected chi connectivity index (χ2v) is 4.18. The highest BCUT2D eigenvalue weighted by molar-refractivity contribution is 5.81. The number of hydrogen-bond donors (Lipinski definition) is 0. The molecule has 0 heterocycles. The highest BCUT2D eigenvalue weighted by Crippen LogP contribution is 2.25. The van der Waals surface area contributed by atoms with E-state index >= 15 is 0 Å². The van der Waals surface area contributed by atoms with Crippen molar-refractivity contribution in [3.05, 3.63) is 29.8 Å². The molecule has 90 valence electrons. The lowest BCUT2D eigenvalue weighted by Gasteiger charge is -2.16. The maximum Gasteiger partial charge on any atom is 0.260 e. The Hall–Kier alpha value is -1.84. The van der Waals surface area contributed by atoms with Gasteiger partial charge >= 0.3 is 0 Å². The third-order valence-electron chi connectivity index (χ3n) is 2.89. The molecule has 0 spiro atoms. The van der Waals surface area contributed by atoms with Crippen molar-refractivity contribution in [3.8, 4) is 5.75 Å². The van der Waals surface area contributed by atoms with E-state index in [0.29, 0.717) is 17.4 Å². The average Bonchev–Trinajstić information content (AvgIpc) is 3.19. The zero-order valence-corrected chi connectivity index (χ0v) is 9.76. The van der Waals surface area contributed by atoms with E-state index < -0.39 is 0 Å². The molecule has 1 aliphatic carbocycles. The standard InChI is InChI=1S/C13H15NO3/c1-14(11-6-7-11)13(16)9-17-12-5-3-2-4-10(12)8-15/h2-5,8,11H,6-7,9H2,1H3. The smallest absolute Gasteiger partial charge is 0.260 e. The van der Waals surface area contributed by atoms with Crippen LogP contribution in [0.25, 0.3) is 0 Å². The number of para-hydroxylation sites is 1. The molecule has 1 saturated carbocycles. The topological polar surface area (TPSA) is 46.6 Å². The van der Waals surface area contributed by atoms with Gasteiger partial charge in [0.2, 0.25) is 0 Å². The SMILES string of the molecule is CN(C(=O)COc1ccccc1C=O)C1CC1. The first-order chi connectivity index (χ1) is 8.22. The van der Waals surface area contributed by atoms with Crippen LogP contribution in [0, 0.1) is 0 Å². The van der Waals surface area contributed by atoms with Gasteiger partial charge in [-0.15, -0.1) is 0 Å². The molecular weight excluding hydrogens is 218 g/mol. The van der Waals surface area contributed by atoms with Crippen molar-refractivity contribution < 1.29 is 14.3 Å². The highest BCUT2D eigenvalue weighted by Gasteiger charge is 2.29. The molecule has 0 aromatic heterocycles. The van der Waals surface area contributed by atoms with Gasteiger partial charge in [-0.3, -0.25) is 9.59 Å². The number of likely N-dealkylation sites (N-methyl/N-ethyl adjacent to an activating group) is 1. The number of benzene rings is 1. The fourth-order valence-corrected chi connectivity index (χ4v) is 1.62. The van der Waals surface area contributed by atoms with E-state index in [1.54, 1.807) is 36.2 Å². The zero-order valence-electron chi connectivity index (χ0n) is 9.76. The van der Waals surface area contributed by atoms with E-state index in [2.05, 4.69) is 0 Å². The first kappa shape index (κ1) is 11.6. The molecule has 1 fully saturated rings. The number of amides is 1. The molecule has 1 aliphatic rings. The Morgan fingerprint density at radius 3 is 2.82 bits per heavy atom. The quantitative estimate of drug-likeness (QED) is 0.724. The number of aldehydes is 1. The second kappa shape index (κ2) is 4.99. The van der Waals surface area contributed by atoms with Gasteiger partial charge in [0.25, 0.3) is 5.91 Å². The largest absolute Gasteiger partial charge is 0.483 e. The third kappa shape index (κ3) is 2.84. The summed E-state index contributed by atoms with van der Waals surface area (Å²) in [6.45, 7) is -0.0160. The number of carbonyl (C=O) groups is 2. The highest BCUT2D eigenvalue weighted by atomic mass is 16.5. The van der Waals surface area contributed by atoms with E-state index in [9.17, 15) is 9.59 Å². The molecule has 4 nitrogen and oxygen atoms in total. The first-order valence-corrected chi connectivity index (χ1v) is 5.65. The summed E-state index contributed by atoms with van der Waals surface area (Å²) in [6, 6.07) is 7.27. The van der Waals surface area contributed by atoms with Crippen molar-refractivity contribution in [2.45, 2.75) is 18.9 Å². The van der Waals surface area contributed by atoms with Crippen LogP contribution in [0.5, 0.6) is 5.75 Å². The Morgan fingerprint density at radius 1 is 1.47 bits per heavy atom. The molecule has 0 saturated heterocycles. The van der Waals surface area contributed by atoms with E-state index in [0.717, 1.165) is 19.1 Å². The summed E-state index contributed by atoms with van der Waals surface area (Å²) < 4.78 is 5.37. The molecule has 1 aromatic carbocycles. The van der Waals surface area contributed by atoms with Gasteiger partial charge in [-0.1, -0.05) is 12.1 Å². The predicted molar refractivity (Wildman–Crippen MR) is 63.1 cm³/mol. The van der Waals surface area contributed by atoms with Crippen LogP contribution in [0.15, 0.2) is 24.3 Å². The number of carbonyl (C=O) groups excluding carboxylic acids is 2. The Kier molecular flexibility index (Phi) is 3.42. The van der Waals surface area contributed by atoms with Gasteiger partial charge in [-0.05, 0) is 25.0 Å². The van der Waals surface area contributed by atoms with Crippen molar-refractivity contribution in [2.75, 3.05) is 13.7 Å². The first-order valence-electron chi connectivity index (χ1n) is 5.65. The fourth-order valence-electron chi connectivity index (χ4n) is 1.62. The van der Waals surface area contributed by atoms with Gasteiger partial charge in [0, 0.05) is 13.1 Å². The van der Waals surface area contributed by atoms with Crippen LogP contribution < -0.4 is 4.74 Å². The molecule has 0 radical (unpaired) electrons. The minimum Gasteiger partial charge on any atom is -0.483 e. The Labute approximate surface area is 100 Å². The molecule has 1 amide bonds. The molecule has 0 N–H and O–H groups in total. The summed E-state index contributed by atoms with van der Waals surface area (Å²) in [5.74, 6) is 0.410. The molecule has 0 bridgehead atoms. The number of ether oxygens (including phenoxy) is 1. The molecule has 17 heavy (non-hydrogen) atoms. The van der Waals surface area contributed by atoms with Crippen molar-refractivity contribution in [1.29, 1.82) is 0 Å². The van der Waals surface area contributed by atoms with Crippen LogP contribution in [-0.2, 0) is 4.79 Å². The molecule has 0 aliphatic heterocycles. The maximum absolute atomic E-state index is 11.7. The third-order valence-corrected chi connectivity index (χ3v) is 2.89. The van der Waals surface area contributed by atoms with E-state index in [1.165, 1.54) is 0 Å². The van der Waals surface area contributed by atoms with Gasteiger partial charge in [-0.25, -0.2) is 0 Å². The molecule has 0 atom stereocenters. The molecule has 4 heteroatoms.